The van der Waals surface area contributed by atoms with Crippen LogP contribution in [0.4, 0.5) is 5.69 Å². The van der Waals surface area contributed by atoms with Crippen LogP contribution in [0, 0.1) is 0 Å². The average Bonchev–Trinajstić information content (AvgIpc) is 3.46. The van der Waals surface area contributed by atoms with Crippen LogP contribution in [0.3, 0.4) is 0 Å². The highest BCUT2D eigenvalue weighted by molar-refractivity contribution is 6.35. The van der Waals surface area contributed by atoms with E-state index in [2.05, 4.69) is 0 Å². The molecule has 0 radical (unpaired) electrons. The molecule has 1 amide bonds. The SMILES string of the molecule is CC(=O)c1ccc(N2C(=O)C(=Cc3ccc(-c4cc(Cl)ccc4Cl)o3)C=C2c2ccccc2)cc1. The molecule has 0 saturated heterocycles. The summed E-state index contributed by atoms with van der Waals surface area (Å²) >= 11 is 12.4. The maximum atomic E-state index is 13.5. The summed E-state index contributed by atoms with van der Waals surface area (Å²) in [5.74, 6) is 0.839. The predicted molar refractivity (Wildman–Crippen MR) is 140 cm³/mol. The second-order valence-electron chi connectivity index (χ2n) is 8.07. The molecule has 0 saturated carbocycles. The fourth-order valence-corrected chi connectivity index (χ4v) is 4.34. The van der Waals surface area contributed by atoms with Gasteiger partial charge in [-0.1, -0.05) is 53.5 Å². The Balaban J connectivity index is 1.54. The molecule has 0 spiro atoms. The maximum Gasteiger partial charge on any atom is 0.263 e. The minimum absolute atomic E-state index is 0.0304. The summed E-state index contributed by atoms with van der Waals surface area (Å²) in [5, 5.41) is 1.07. The molecule has 172 valence electrons. The molecule has 35 heavy (non-hydrogen) atoms. The maximum absolute atomic E-state index is 13.5. The van der Waals surface area contributed by atoms with Gasteiger partial charge in [-0.15, -0.1) is 0 Å². The van der Waals surface area contributed by atoms with E-state index in [4.69, 9.17) is 27.6 Å². The van der Waals surface area contributed by atoms with Crippen molar-refractivity contribution in [1.82, 2.24) is 0 Å². The zero-order valence-electron chi connectivity index (χ0n) is 18.7. The Hall–Kier alpha value is -3.86. The fourth-order valence-electron chi connectivity index (χ4n) is 3.95. The number of furan rings is 1. The molecule has 6 heteroatoms. The number of ketones is 1. The Labute approximate surface area is 212 Å². The van der Waals surface area contributed by atoms with E-state index in [1.54, 1.807) is 65.6 Å². The Morgan fingerprint density at radius 2 is 1.66 bits per heavy atom. The van der Waals surface area contributed by atoms with Crippen LogP contribution in [0.5, 0.6) is 0 Å². The summed E-state index contributed by atoms with van der Waals surface area (Å²) in [6.07, 6.45) is 3.54. The molecule has 4 aromatic rings. The molecule has 0 unspecified atom stereocenters. The van der Waals surface area contributed by atoms with Gasteiger partial charge >= 0.3 is 0 Å². The molecule has 1 aliphatic heterocycles. The van der Waals surface area contributed by atoms with Crippen LogP contribution in [0.15, 0.2) is 101 Å². The van der Waals surface area contributed by atoms with Gasteiger partial charge < -0.3 is 4.42 Å². The van der Waals surface area contributed by atoms with Gasteiger partial charge in [0, 0.05) is 27.4 Å². The Morgan fingerprint density at radius 3 is 2.37 bits per heavy atom. The molecule has 3 aromatic carbocycles. The standard InChI is InChI=1S/C29H19Cl2NO3/c1-18(33)19-7-10-23(11-8-19)32-27(20-5-3-2-4-6-20)16-21(29(32)34)15-24-12-14-28(35-24)25-17-22(30)9-13-26(25)31/h2-17H,1H3. The van der Waals surface area contributed by atoms with Crippen molar-refractivity contribution < 1.29 is 14.0 Å². The minimum Gasteiger partial charge on any atom is -0.457 e. The van der Waals surface area contributed by atoms with E-state index in [1.807, 2.05) is 36.4 Å². The predicted octanol–water partition coefficient (Wildman–Crippen LogP) is 7.93. The van der Waals surface area contributed by atoms with Crippen molar-refractivity contribution in [2.24, 2.45) is 0 Å². The first-order valence-electron chi connectivity index (χ1n) is 10.9. The van der Waals surface area contributed by atoms with Gasteiger partial charge in [-0.05, 0) is 79.2 Å². The van der Waals surface area contributed by atoms with Crippen molar-refractivity contribution in [3.63, 3.8) is 0 Å². The number of halogens is 2. The highest BCUT2D eigenvalue weighted by Gasteiger charge is 2.30. The number of amides is 1. The van der Waals surface area contributed by atoms with Crippen molar-refractivity contribution in [2.45, 2.75) is 6.92 Å². The van der Waals surface area contributed by atoms with E-state index in [-0.39, 0.29) is 11.7 Å². The lowest BCUT2D eigenvalue weighted by molar-refractivity contribution is -0.113. The van der Waals surface area contributed by atoms with Crippen LogP contribution in [0.2, 0.25) is 10.0 Å². The topological polar surface area (TPSA) is 50.5 Å². The summed E-state index contributed by atoms with van der Waals surface area (Å²) in [7, 11) is 0. The molecular weight excluding hydrogens is 481 g/mol. The first-order valence-corrected chi connectivity index (χ1v) is 11.7. The van der Waals surface area contributed by atoms with Gasteiger partial charge in [0.15, 0.2) is 5.78 Å². The zero-order valence-corrected chi connectivity index (χ0v) is 20.2. The third kappa shape index (κ3) is 4.59. The van der Waals surface area contributed by atoms with Crippen LogP contribution < -0.4 is 4.90 Å². The average molecular weight is 500 g/mol. The fraction of sp³-hybridized carbons (Fsp3) is 0.0345. The summed E-state index contributed by atoms with van der Waals surface area (Å²) in [5.41, 5.74) is 4.04. The highest BCUT2D eigenvalue weighted by Crippen LogP contribution is 2.36. The van der Waals surface area contributed by atoms with Gasteiger partial charge in [-0.3, -0.25) is 14.5 Å². The van der Waals surface area contributed by atoms with E-state index in [0.717, 1.165) is 11.3 Å². The lowest BCUT2D eigenvalue weighted by Crippen LogP contribution is -2.25. The third-order valence-electron chi connectivity index (χ3n) is 5.70. The van der Waals surface area contributed by atoms with Crippen LogP contribution >= 0.6 is 23.2 Å². The number of Topliss-reactive ketones (excluding diaryl/α,β-unsaturated/α-hetero) is 1. The summed E-state index contributed by atoms with van der Waals surface area (Å²) in [6.45, 7) is 1.51. The quantitative estimate of drug-likeness (QED) is 0.207. The Bertz CT molecular complexity index is 1500. The zero-order chi connectivity index (χ0) is 24.5. The third-order valence-corrected chi connectivity index (χ3v) is 6.27. The summed E-state index contributed by atoms with van der Waals surface area (Å²) in [6, 6.07) is 25.4. The van der Waals surface area contributed by atoms with Gasteiger partial charge in [0.2, 0.25) is 0 Å². The summed E-state index contributed by atoms with van der Waals surface area (Å²) < 4.78 is 5.98. The molecule has 4 nitrogen and oxygen atoms in total. The molecule has 0 fully saturated rings. The molecule has 1 aromatic heterocycles. The van der Waals surface area contributed by atoms with Crippen LogP contribution in [-0.4, -0.2) is 11.7 Å². The lowest BCUT2D eigenvalue weighted by atomic mass is 10.1. The number of anilines is 1. The van der Waals surface area contributed by atoms with E-state index in [1.165, 1.54) is 6.92 Å². The Kier molecular flexibility index (Phi) is 6.16. The van der Waals surface area contributed by atoms with Crippen molar-refractivity contribution >= 4 is 52.4 Å². The molecule has 1 aliphatic rings. The van der Waals surface area contributed by atoms with E-state index < -0.39 is 0 Å². The smallest absolute Gasteiger partial charge is 0.263 e. The monoisotopic (exact) mass is 499 g/mol. The molecule has 0 aliphatic carbocycles. The second-order valence-corrected chi connectivity index (χ2v) is 8.91. The van der Waals surface area contributed by atoms with Gasteiger partial charge in [0.1, 0.15) is 11.5 Å². The Morgan fingerprint density at radius 1 is 0.914 bits per heavy atom. The van der Waals surface area contributed by atoms with Crippen LogP contribution in [-0.2, 0) is 4.79 Å². The van der Waals surface area contributed by atoms with Gasteiger partial charge in [0.25, 0.3) is 5.91 Å². The van der Waals surface area contributed by atoms with Gasteiger partial charge in [0.05, 0.1) is 10.7 Å². The number of hydrogen-bond acceptors (Lipinski definition) is 3. The number of rotatable bonds is 5. The molecule has 0 atom stereocenters. The van der Waals surface area contributed by atoms with E-state index >= 15 is 0 Å². The van der Waals surface area contributed by atoms with Crippen molar-refractivity contribution in [1.29, 1.82) is 0 Å². The highest BCUT2D eigenvalue weighted by atomic mass is 35.5. The molecular formula is C29H19Cl2NO3. The van der Waals surface area contributed by atoms with Crippen molar-refractivity contribution in [3.05, 3.63) is 124 Å². The number of hydrogen-bond donors (Lipinski definition) is 0. The van der Waals surface area contributed by atoms with Gasteiger partial charge in [-0.2, -0.15) is 0 Å². The number of carbonyl (C=O) groups is 2. The van der Waals surface area contributed by atoms with Crippen LogP contribution in [0.1, 0.15) is 28.6 Å². The first kappa shape index (κ1) is 22.9. The molecule has 0 N–H and O–H groups in total. The normalized spacial score (nSPS) is 14.5. The van der Waals surface area contributed by atoms with E-state index in [0.29, 0.717) is 44.0 Å². The molecule has 5 rings (SSSR count). The molecule has 2 heterocycles. The van der Waals surface area contributed by atoms with Gasteiger partial charge in [-0.25, -0.2) is 0 Å². The molecule has 0 bridgehead atoms. The number of nitrogens with zero attached hydrogens (tertiary/aromatic N) is 1. The minimum atomic E-state index is -0.196. The van der Waals surface area contributed by atoms with E-state index in [9.17, 15) is 9.59 Å². The van der Waals surface area contributed by atoms with Crippen molar-refractivity contribution in [2.75, 3.05) is 4.90 Å². The first-order chi connectivity index (χ1) is 16.9. The number of benzene rings is 3. The second kappa shape index (κ2) is 9.41. The lowest BCUT2D eigenvalue weighted by Gasteiger charge is -2.21. The largest absolute Gasteiger partial charge is 0.457 e. The summed E-state index contributed by atoms with van der Waals surface area (Å²) in [4.78, 5) is 26.9. The van der Waals surface area contributed by atoms with Crippen molar-refractivity contribution in [3.8, 4) is 11.3 Å². The van der Waals surface area contributed by atoms with Crippen LogP contribution in [0.25, 0.3) is 23.1 Å². The number of carbonyl (C=O) groups excluding carboxylic acids is 2.